The smallest absolute Gasteiger partial charge is 0.308 e. The lowest BCUT2D eigenvalue weighted by atomic mass is 10.0. The van der Waals surface area contributed by atoms with Crippen LogP contribution in [0, 0.1) is 0 Å². The van der Waals surface area contributed by atoms with Gasteiger partial charge in [-0.1, -0.05) is 24.3 Å². The number of benzene rings is 1. The zero-order chi connectivity index (χ0) is 17.0. The van der Waals surface area contributed by atoms with Gasteiger partial charge in [0.1, 0.15) is 0 Å². The minimum Gasteiger partial charge on any atom is -0.308 e. The summed E-state index contributed by atoms with van der Waals surface area (Å²) in [6.07, 6.45) is 2.04. The zero-order valence-electron chi connectivity index (χ0n) is 13.5. The first-order chi connectivity index (χ1) is 11.5. The maximum Gasteiger partial charge on any atom is 0.332 e. The summed E-state index contributed by atoms with van der Waals surface area (Å²) in [5.74, 6) is 0.290. The maximum absolute atomic E-state index is 12.6. The lowest BCUT2D eigenvalue weighted by molar-refractivity contribution is 0.563. The number of rotatable bonds is 2. The van der Waals surface area contributed by atoms with Gasteiger partial charge in [-0.3, -0.25) is 13.9 Å². The normalized spacial score (nSPS) is 16.7. The first kappa shape index (κ1) is 15.2. The lowest BCUT2D eigenvalue weighted by Crippen LogP contribution is -2.37. The average Bonchev–Trinajstić information content (AvgIpc) is 3.14. The molecule has 0 amide bonds. The van der Waals surface area contributed by atoms with Crippen molar-refractivity contribution in [2.24, 2.45) is 14.1 Å². The van der Waals surface area contributed by atoms with Crippen molar-refractivity contribution >= 4 is 22.8 Å². The molecule has 0 fully saturated rings. The van der Waals surface area contributed by atoms with Gasteiger partial charge in [-0.25, -0.2) is 4.79 Å². The first-order valence-corrected chi connectivity index (χ1v) is 8.26. The Morgan fingerprint density at radius 1 is 1.21 bits per heavy atom. The fourth-order valence-corrected chi connectivity index (χ4v) is 3.88. The van der Waals surface area contributed by atoms with Crippen molar-refractivity contribution in [1.29, 1.82) is 0 Å². The van der Waals surface area contributed by atoms with Gasteiger partial charge in [-0.15, -0.1) is 0 Å². The van der Waals surface area contributed by atoms with E-state index in [1.807, 2.05) is 12.1 Å². The molecule has 1 aliphatic rings. The van der Waals surface area contributed by atoms with Gasteiger partial charge in [0.05, 0.1) is 0 Å². The predicted molar refractivity (Wildman–Crippen MR) is 92.7 cm³/mol. The molecule has 0 aliphatic heterocycles. The van der Waals surface area contributed by atoms with E-state index in [0.29, 0.717) is 17.7 Å². The summed E-state index contributed by atoms with van der Waals surface area (Å²) < 4.78 is 4.20. The summed E-state index contributed by atoms with van der Waals surface area (Å²) in [7, 11) is 3.07. The molecule has 7 heteroatoms. The van der Waals surface area contributed by atoms with Gasteiger partial charge in [0.2, 0.25) is 5.28 Å². The van der Waals surface area contributed by atoms with Crippen molar-refractivity contribution < 1.29 is 0 Å². The first-order valence-electron chi connectivity index (χ1n) is 7.88. The Hall–Kier alpha value is -2.34. The molecule has 0 spiro atoms. The predicted octanol–water partition coefficient (Wildman–Crippen LogP) is 1.82. The van der Waals surface area contributed by atoms with E-state index >= 15 is 0 Å². The topological polar surface area (TPSA) is 61.8 Å². The van der Waals surface area contributed by atoms with Crippen LogP contribution in [0.2, 0.25) is 5.28 Å². The molecule has 124 valence electrons. The van der Waals surface area contributed by atoms with Gasteiger partial charge in [0.15, 0.2) is 11.2 Å². The van der Waals surface area contributed by atoms with E-state index < -0.39 is 5.69 Å². The number of halogens is 1. The molecule has 0 radical (unpaired) electrons. The van der Waals surface area contributed by atoms with Gasteiger partial charge in [-0.05, 0) is 35.6 Å². The van der Waals surface area contributed by atoms with Gasteiger partial charge in [0, 0.05) is 26.6 Å². The van der Waals surface area contributed by atoms with Crippen LogP contribution >= 0.6 is 11.6 Å². The average molecular weight is 345 g/mol. The van der Waals surface area contributed by atoms with Crippen LogP contribution in [0.5, 0.6) is 0 Å². The molecular formula is C17H17ClN4O2. The molecule has 2 heterocycles. The molecule has 24 heavy (non-hydrogen) atoms. The van der Waals surface area contributed by atoms with Gasteiger partial charge >= 0.3 is 5.69 Å². The van der Waals surface area contributed by atoms with Crippen LogP contribution in [-0.2, 0) is 27.1 Å². The quantitative estimate of drug-likeness (QED) is 0.666. The Morgan fingerprint density at radius 3 is 2.75 bits per heavy atom. The van der Waals surface area contributed by atoms with Gasteiger partial charge in [-0.2, -0.15) is 4.98 Å². The lowest BCUT2D eigenvalue weighted by Gasteiger charge is -2.14. The third-order valence-corrected chi connectivity index (χ3v) is 5.25. The van der Waals surface area contributed by atoms with Crippen LogP contribution in [0.1, 0.15) is 23.5 Å². The molecule has 2 aromatic heterocycles. The number of aryl methyl sites for hydroxylation is 2. The minimum atomic E-state index is -0.403. The van der Waals surface area contributed by atoms with Crippen molar-refractivity contribution in [3.05, 3.63) is 61.5 Å². The number of fused-ring (bicyclic) bond motifs is 2. The van der Waals surface area contributed by atoms with E-state index in [9.17, 15) is 9.59 Å². The van der Waals surface area contributed by atoms with E-state index in [1.165, 1.54) is 22.7 Å². The summed E-state index contributed by atoms with van der Waals surface area (Å²) >= 11 is 6.31. The SMILES string of the molecule is Cn1c(=O)c2c(nc(Cl)n2CC2CCc3ccccc32)n(C)c1=O. The summed E-state index contributed by atoms with van der Waals surface area (Å²) in [4.78, 5) is 28.9. The Morgan fingerprint density at radius 2 is 1.96 bits per heavy atom. The van der Waals surface area contributed by atoms with Crippen molar-refractivity contribution in [3.8, 4) is 0 Å². The molecule has 0 saturated carbocycles. The number of imidazole rings is 1. The van der Waals surface area contributed by atoms with Crippen LogP contribution < -0.4 is 11.2 Å². The number of hydrogen-bond acceptors (Lipinski definition) is 3. The van der Waals surface area contributed by atoms with Crippen molar-refractivity contribution in [2.75, 3.05) is 0 Å². The maximum atomic E-state index is 12.6. The van der Waals surface area contributed by atoms with E-state index in [4.69, 9.17) is 11.6 Å². The van der Waals surface area contributed by atoms with Crippen LogP contribution in [0.3, 0.4) is 0 Å². The van der Waals surface area contributed by atoms with Crippen LogP contribution in [0.15, 0.2) is 33.9 Å². The summed E-state index contributed by atoms with van der Waals surface area (Å²) in [6, 6.07) is 8.36. The summed E-state index contributed by atoms with van der Waals surface area (Å²) in [5, 5.41) is 0.243. The fraction of sp³-hybridized carbons (Fsp3) is 0.353. The molecule has 1 unspecified atom stereocenters. The van der Waals surface area contributed by atoms with Crippen LogP contribution in [0.25, 0.3) is 11.2 Å². The fourth-order valence-electron chi connectivity index (χ4n) is 3.64. The highest BCUT2D eigenvalue weighted by molar-refractivity contribution is 6.29. The monoisotopic (exact) mass is 344 g/mol. The highest BCUT2D eigenvalue weighted by Crippen LogP contribution is 2.35. The highest BCUT2D eigenvalue weighted by atomic mass is 35.5. The largest absolute Gasteiger partial charge is 0.332 e. The van der Waals surface area contributed by atoms with E-state index in [1.54, 1.807) is 11.6 Å². The summed E-state index contributed by atoms with van der Waals surface area (Å²) in [5.41, 5.74) is 2.60. The molecule has 3 aromatic rings. The van der Waals surface area contributed by atoms with Crippen LogP contribution in [-0.4, -0.2) is 18.7 Å². The molecule has 0 N–H and O–H groups in total. The number of aromatic nitrogens is 4. The zero-order valence-corrected chi connectivity index (χ0v) is 14.2. The van der Waals surface area contributed by atoms with Gasteiger partial charge in [0.25, 0.3) is 5.56 Å². The van der Waals surface area contributed by atoms with E-state index in [2.05, 4.69) is 17.1 Å². The molecule has 1 atom stereocenters. The standard InChI is InChI=1S/C17H17ClN4O2/c1-20-14-13(15(23)21(2)17(20)24)22(16(18)19-14)9-11-8-7-10-5-3-4-6-12(10)11/h3-6,11H,7-9H2,1-2H3. The molecule has 6 nitrogen and oxygen atoms in total. The van der Waals surface area contributed by atoms with Crippen molar-refractivity contribution in [2.45, 2.75) is 25.3 Å². The van der Waals surface area contributed by atoms with E-state index in [-0.39, 0.29) is 16.8 Å². The highest BCUT2D eigenvalue weighted by Gasteiger charge is 2.25. The Labute approximate surface area is 142 Å². The van der Waals surface area contributed by atoms with Gasteiger partial charge < -0.3 is 4.57 Å². The number of hydrogen-bond donors (Lipinski definition) is 0. The molecular weight excluding hydrogens is 328 g/mol. The molecule has 1 aromatic carbocycles. The Kier molecular flexibility index (Phi) is 3.38. The van der Waals surface area contributed by atoms with Crippen molar-refractivity contribution in [1.82, 2.24) is 18.7 Å². The second kappa shape index (κ2) is 5.34. The Balaban J connectivity index is 1.89. The second-order valence-corrected chi connectivity index (χ2v) is 6.64. The molecule has 1 aliphatic carbocycles. The third-order valence-electron chi connectivity index (χ3n) is 4.96. The minimum absolute atomic E-state index is 0.243. The third kappa shape index (κ3) is 2.06. The second-order valence-electron chi connectivity index (χ2n) is 6.30. The Bertz CT molecular complexity index is 1080. The van der Waals surface area contributed by atoms with Crippen molar-refractivity contribution in [3.63, 3.8) is 0 Å². The molecule has 4 rings (SSSR count). The van der Waals surface area contributed by atoms with Crippen LogP contribution in [0.4, 0.5) is 0 Å². The molecule has 0 saturated heterocycles. The molecule has 0 bridgehead atoms. The van der Waals surface area contributed by atoms with E-state index in [0.717, 1.165) is 17.4 Å². The number of nitrogens with zero attached hydrogens (tertiary/aromatic N) is 4. The summed E-state index contributed by atoms with van der Waals surface area (Å²) in [6.45, 7) is 0.583.